The van der Waals surface area contributed by atoms with Crippen LogP contribution in [0.1, 0.15) is 23.6 Å². The number of methoxy groups -OCH3 is 1. The fourth-order valence-corrected chi connectivity index (χ4v) is 3.58. The second kappa shape index (κ2) is 8.92. The van der Waals surface area contributed by atoms with E-state index in [2.05, 4.69) is 0 Å². The second-order valence-corrected chi connectivity index (χ2v) is 7.29. The maximum atomic E-state index is 12.9. The Kier molecular flexibility index (Phi) is 6.34. The second-order valence-electron chi connectivity index (χ2n) is 7.29. The Morgan fingerprint density at radius 3 is 2.48 bits per heavy atom. The zero-order chi connectivity index (χ0) is 21.0. The summed E-state index contributed by atoms with van der Waals surface area (Å²) in [5.74, 6) is -0.872. The van der Waals surface area contributed by atoms with Crippen molar-refractivity contribution in [1.82, 2.24) is 9.80 Å². The lowest BCUT2D eigenvalue weighted by atomic mass is 9.95. The first-order chi connectivity index (χ1) is 13.9. The van der Waals surface area contributed by atoms with E-state index in [1.807, 2.05) is 49.3 Å². The third-order valence-electron chi connectivity index (χ3n) is 5.00. The number of aliphatic hydroxyl groups is 1. The number of ketones is 1. The molecule has 1 fully saturated rings. The van der Waals surface area contributed by atoms with E-state index in [-0.39, 0.29) is 11.3 Å². The maximum absolute atomic E-state index is 12.9. The Bertz CT molecular complexity index is 921. The minimum Gasteiger partial charge on any atom is -0.507 e. The first-order valence-corrected chi connectivity index (χ1v) is 9.56. The van der Waals surface area contributed by atoms with Gasteiger partial charge in [-0.15, -0.1) is 0 Å². The first-order valence-electron chi connectivity index (χ1n) is 9.56. The van der Waals surface area contributed by atoms with Crippen molar-refractivity contribution in [2.75, 3.05) is 34.3 Å². The molecule has 0 radical (unpaired) electrons. The maximum Gasteiger partial charge on any atom is 0.295 e. The van der Waals surface area contributed by atoms with E-state index in [0.29, 0.717) is 17.9 Å². The number of benzene rings is 2. The third kappa shape index (κ3) is 4.32. The molecule has 0 spiro atoms. The largest absolute Gasteiger partial charge is 0.507 e. The SMILES string of the molecule is COc1cccc(C(O)=C2C(=O)C(=O)N(CCCN(C)C)[C@@H]2c2ccccc2)c1. The summed E-state index contributed by atoms with van der Waals surface area (Å²) in [7, 11) is 5.46. The summed E-state index contributed by atoms with van der Waals surface area (Å²) in [6.07, 6.45) is 0.725. The van der Waals surface area contributed by atoms with E-state index in [1.54, 1.807) is 29.2 Å². The molecule has 2 aromatic rings. The van der Waals surface area contributed by atoms with Crippen molar-refractivity contribution in [2.24, 2.45) is 0 Å². The summed E-state index contributed by atoms with van der Waals surface area (Å²) in [6, 6.07) is 15.6. The molecule has 0 unspecified atom stereocenters. The van der Waals surface area contributed by atoms with E-state index in [9.17, 15) is 14.7 Å². The molecule has 1 aliphatic rings. The molecule has 1 heterocycles. The van der Waals surface area contributed by atoms with Gasteiger partial charge in [0.15, 0.2) is 0 Å². The molecule has 152 valence electrons. The van der Waals surface area contributed by atoms with Crippen LogP contribution >= 0.6 is 0 Å². The van der Waals surface area contributed by atoms with Crippen LogP contribution in [0.3, 0.4) is 0 Å². The van der Waals surface area contributed by atoms with Crippen LogP contribution in [0.2, 0.25) is 0 Å². The molecule has 1 saturated heterocycles. The molecule has 0 aliphatic carbocycles. The summed E-state index contributed by atoms with van der Waals surface area (Å²) < 4.78 is 5.22. The van der Waals surface area contributed by atoms with Crippen molar-refractivity contribution >= 4 is 17.4 Å². The highest BCUT2D eigenvalue weighted by Gasteiger charge is 2.45. The van der Waals surface area contributed by atoms with Crippen molar-refractivity contribution in [3.63, 3.8) is 0 Å². The lowest BCUT2D eigenvalue weighted by Gasteiger charge is -2.26. The Hall–Kier alpha value is -3.12. The molecule has 6 nitrogen and oxygen atoms in total. The normalized spacial score (nSPS) is 18.5. The standard InChI is InChI=1S/C23H26N2O4/c1-24(2)13-8-14-25-20(16-9-5-4-6-10-16)19(22(27)23(25)28)21(26)17-11-7-12-18(15-17)29-3/h4-7,9-12,15,20,26H,8,13-14H2,1-3H3/t20-/m1/s1. The van der Waals surface area contributed by atoms with Gasteiger partial charge in [-0.05, 0) is 44.8 Å². The number of likely N-dealkylation sites (tertiary alicyclic amines) is 1. The van der Waals surface area contributed by atoms with Gasteiger partial charge in [-0.1, -0.05) is 42.5 Å². The Labute approximate surface area is 171 Å². The van der Waals surface area contributed by atoms with Gasteiger partial charge < -0.3 is 19.6 Å². The van der Waals surface area contributed by atoms with Gasteiger partial charge in [0, 0.05) is 12.1 Å². The summed E-state index contributed by atoms with van der Waals surface area (Å²) in [4.78, 5) is 29.3. The van der Waals surface area contributed by atoms with Crippen LogP contribution in [0, 0.1) is 0 Å². The minimum atomic E-state index is -0.663. The number of hydrogen-bond donors (Lipinski definition) is 1. The smallest absolute Gasteiger partial charge is 0.295 e. The first kappa shape index (κ1) is 20.6. The molecule has 1 N–H and O–H groups in total. The average molecular weight is 394 g/mol. The van der Waals surface area contributed by atoms with Crippen LogP contribution in [0.25, 0.3) is 5.76 Å². The molecular formula is C23H26N2O4. The highest BCUT2D eigenvalue weighted by Crippen LogP contribution is 2.39. The molecule has 1 atom stereocenters. The molecule has 1 aliphatic heterocycles. The number of aliphatic hydroxyl groups excluding tert-OH is 1. The zero-order valence-electron chi connectivity index (χ0n) is 17.0. The Morgan fingerprint density at radius 1 is 1.10 bits per heavy atom. The number of nitrogens with zero attached hydrogens (tertiary/aromatic N) is 2. The van der Waals surface area contributed by atoms with Gasteiger partial charge in [0.2, 0.25) is 0 Å². The van der Waals surface area contributed by atoms with Gasteiger partial charge in [-0.3, -0.25) is 9.59 Å². The molecular weight excluding hydrogens is 368 g/mol. The number of amides is 1. The summed E-state index contributed by atoms with van der Waals surface area (Å²) in [5, 5.41) is 11.0. The number of carbonyl (C=O) groups is 2. The number of rotatable bonds is 7. The highest BCUT2D eigenvalue weighted by atomic mass is 16.5. The van der Waals surface area contributed by atoms with E-state index >= 15 is 0 Å². The molecule has 0 aromatic heterocycles. The predicted molar refractivity (Wildman–Crippen MR) is 112 cm³/mol. The van der Waals surface area contributed by atoms with Gasteiger partial charge >= 0.3 is 0 Å². The van der Waals surface area contributed by atoms with Crippen LogP contribution in [0.15, 0.2) is 60.2 Å². The van der Waals surface area contributed by atoms with E-state index in [0.717, 1.165) is 18.5 Å². The lowest BCUT2D eigenvalue weighted by molar-refractivity contribution is -0.139. The fourth-order valence-electron chi connectivity index (χ4n) is 3.58. The van der Waals surface area contributed by atoms with Crippen LogP contribution in [0.4, 0.5) is 0 Å². The van der Waals surface area contributed by atoms with Crippen LogP contribution in [-0.2, 0) is 9.59 Å². The summed E-state index contributed by atoms with van der Waals surface area (Å²) in [6.45, 7) is 1.22. The predicted octanol–water partition coefficient (Wildman–Crippen LogP) is 3.07. The summed E-state index contributed by atoms with van der Waals surface area (Å²) in [5.41, 5.74) is 1.34. The molecule has 2 aromatic carbocycles. The van der Waals surface area contributed by atoms with Crippen molar-refractivity contribution in [1.29, 1.82) is 0 Å². The van der Waals surface area contributed by atoms with Crippen LogP contribution in [0.5, 0.6) is 5.75 Å². The molecule has 3 rings (SSSR count). The molecule has 0 saturated carbocycles. The van der Waals surface area contributed by atoms with Crippen LogP contribution < -0.4 is 4.74 Å². The van der Waals surface area contributed by atoms with Crippen molar-refractivity contribution in [3.05, 3.63) is 71.3 Å². The van der Waals surface area contributed by atoms with E-state index in [1.165, 1.54) is 7.11 Å². The number of Topliss-reactive ketones (excluding diaryl/α,β-unsaturated/α-hetero) is 1. The highest BCUT2D eigenvalue weighted by molar-refractivity contribution is 6.46. The quantitative estimate of drug-likeness (QED) is 0.444. The third-order valence-corrected chi connectivity index (χ3v) is 5.00. The Morgan fingerprint density at radius 2 is 1.83 bits per heavy atom. The van der Waals surface area contributed by atoms with Crippen molar-refractivity contribution in [2.45, 2.75) is 12.5 Å². The number of hydrogen-bond acceptors (Lipinski definition) is 5. The van der Waals surface area contributed by atoms with Crippen molar-refractivity contribution < 1.29 is 19.4 Å². The average Bonchev–Trinajstić information content (AvgIpc) is 2.98. The molecule has 29 heavy (non-hydrogen) atoms. The topological polar surface area (TPSA) is 70.1 Å². The number of ether oxygens (including phenoxy) is 1. The van der Waals surface area contributed by atoms with E-state index < -0.39 is 17.7 Å². The van der Waals surface area contributed by atoms with Gasteiger partial charge in [-0.25, -0.2) is 0 Å². The van der Waals surface area contributed by atoms with Crippen LogP contribution in [-0.4, -0.2) is 60.9 Å². The summed E-state index contributed by atoms with van der Waals surface area (Å²) >= 11 is 0. The molecule has 6 heteroatoms. The lowest BCUT2D eigenvalue weighted by Crippen LogP contribution is -2.32. The van der Waals surface area contributed by atoms with E-state index in [4.69, 9.17) is 4.74 Å². The van der Waals surface area contributed by atoms with Gasteiger partial charge in [0.05, 0.1) is 18.7 Å². The van der Waals surface area contributed by atoms with Gasteiger partial charge in [-0.2, -0.15) is 0 Å². The minimum absolute atomic E-state index is 0.110. The molecule has 1 amide bonds. The Balaban J connectivity index is 2.07. The van der Waals surface area contributed by atoms with Gasteiger partial charge in [0.25, 0.3) is 11.7 Å². The molecule has 0 bridgehead atoms. The van der Waals surface area contributed by atoms with Crippen molar-refractivity contribution in [3.8, 4) is 5.75 Å². The monoisotopic (exact) mass is 394 g/mol. The number of carbonyl (C=O) groups excluding carboxylic acids is 2. The van der Waals surface area contributed by atoms with Gasteiger partial charge in [0.1, 0.15) is 11.5 Å². The fraction of sp³-hybridized carbons (Fsp3) is 0.304. The zero-order valence-corrected chi connectivity index (χ0v) is 17.0.